The quantitative estimate of drug-likeness (QED) is 0.810. The first kappa shape index (κ1) is 12.8. The van der Waals surface area contributed by atoms with E-state index in [0.29, 0.717) is 25.9 Å². The Morgan fingerprint density at radius 2 is 2.00 bits per heavy atom. The van der Waals surface area contributed by atoms with Crippen LogP contribution in [0.1, 0.15) is 12.8 Å². The van der Waals surface area contributed by atoms with Gasteiger partial charge in [-0.1, -0.05) is 0 Å². The van der Waals surface area contributed by atoms with Crippen molar-refractivity contribution in [2.24, 2.45) is 0 Å². The number of imide groups is 1. The molecule has 106 valence electrons. The smallest absolute Gasteiger partial charge is 0.324 e. The minimum absolute atomic E-state index is 0.0540. The Hall–Kier alpha value is -2.18. The van der Waals surface area contributed by atoms with E-state index < -0.39 is 0 Å². The monoisotopic (exact) mass is 278 g/mol. The molecule has 2 saturated heterocycles. The number of hydrogen-bond acceptors (Lipinski definition) is 4. The van der Waals surface area contributed by atoms with Crippen molar-refractivity contribution in [3.8, 4) is 0 Å². The Morgan fingerprint density at radius 3 is 2.55 bits per heavy atom. The topological polar surface area (TPSA) is 65.5 Å². The minimum atomic E-state index is -0.358. The van der Waals surface area contributed by atoms with Gasteiger partial charge in [0.25, 0.3) is 0 Å². The fourth-order valence-electron chi connectivity index (χ4n) is 2.71. The highest BCUT2D eigenvalue weighted by atomic mass is 19.1. The van der Waals surface area contributed by atoms with Gasteiger partial charge in [-0.05, 0) is 25.0 Å². The van der Waals surface area contributed by atoms with Crippen LogP contribution in [0.2, 0.25) is 0 Å². The van der Waals surface area contributed by atoms with Gasteiger partial charge in [-0.25, -0.2) is 14.2 Å². The molecule has 0 unspecified atom stereocenters. The number of carbonyl (C=O) groups excluding carboxylic acids is 2. The van der Waals surface area contributed by atoms with E-state index in [0.717, 1.165) is 5.82 Å². The lowest BCUT2D eigenvalue weighted by molar-refractivity contribution is -0.126. The van der Waals surface area contributed by atoms with Crippen LogP contribution < -0.4 is 10.2 Å². The number of pyridine rings is 1. The molecule has 0 bridgehead atoms. The Kier molecular flexibility index (Phi) is 3.25. The molecule has 2 aliphatic rings. The molecule has 1 N–H and O–H groups in total. The molecule has 7 heteroatoms. The standard InChI is InChI=1S/C13H15FN4O2/c14-9-1-2-11(15-7-9)17-5-3-10(4-6-17)18-12(19)8-16-13(18)20/h1-2,7,10H,3-6,8H2,(H,16,20). The first-order valence-electron chi connectivity index (χ1n) is 6.61. The number of urea groups is 1. The summed E-state index contributed by atoms with van der Waals surface area (Å²) in [6.07, 6.45) is 2.61. The van der Waals surface area contributed by atoms with Crippen LogP contribution >= 0.6 is 0 Å². The number of aromatic nitrogens is 1. The molecular formula is C13H15FN4O2. The third kappa shape index (κ3) is 2.31. The number of nitrogens with one attached hydrogen (secondary N) is 1. The number of piperidine rings is 1. The predicted molar refractivity (Wildman–Crippen MR) is 69.7 cm³/mol. The van der Waals surface area contributed by atoms with E-state index in [2.05, 4.69) is 10.3 Å². The van der Waals surface area contributed by atoms with Crippen LogP contribution in [0.3, 0.4) is 0 Å². The molecular weight excluding hydrogens is 263 g/mol. The van der Waals surface area contributed by atoms with Crippen molar-refractivity contribution in [1.29, 1.82) is 0 Å². The molecule has 2 fully saturated rings. The van der Waals surface area contributed by atoms with Gasteiger partial charge in [0.1, 0.15) is 11.6 Å². The molecule has 0 saturated carbocycles. The minimum Gasteiger partial charge on any atom is -0.356 e. The summed E-state index contributed by atoms with van der Waals surface area (Å²) < 4.78 is 12.8. The summed E-state index contributed by atoms with van der Waals surface area (Å²) in [7, 11) is 0. The summed E-state index contributed by atoms with van der Waals surface area (Å²) in [5.41, 5.74) is 0. The van der Waals surface area contributed by atoms with Crippen LogP contribution in [0.5, 0.6) is 0 Å². The zero-order valence-corrected chi connectivity index (χ0v) is 10.9. The van der Waals surface area contributed by atoms with E-state index >= 15 is 0 Å². The third-order valence-corrected chi connectivity index (χ3v) is 3.74. The molecule has 0 spiro atoms. The van der Waals surface area contributed by atoms with E-state index in [9.17, 15) is 14.0 Å². The average molecular weight is 278 g/mol. The maximum atomic E-state index is 12.8. The van der Waals surface area contributed by atoms with Crippen molar-refractivity contribution in [3.63, 3.8) is 0 Å². The number of carbonyl (C=O) groups is 2. The molecule has 2 aliphatic heterocycles. The Labute approximate surface area is 115 Å². The van der Waals surface area contributed by atoms with E-state index in [4.69, 9.17) is 0 Å². The number of amides is 3. The first-order valence-corrected chi connectivity index (χ1v) is 6.61. The van der Waals surface area contributed by atoms with Crippen LogP contribution in [0.4, 0.5) is 15.0 Å². The summed E-state index contributed by atoms with van der Waals surface area (Å²) in [5, 5.41) is 2.54. The summed E-state index contributed by atoms with van der Waals surface area (Å²) in [6.45, 7) is 1.49. The van der Waals surface area contributed by atoms with Gasteiger partial charge in [0, 0.05) is 19.1 Å². The van der Waals surface area contributed by atoms with Gasteiger partial charge >= 0.3 is 6.03 Å². The Bertz CT molecular complexity index is 510. The molecule has 20 heavy (non-hydrogen) atoms. The highest BCUT2D eigenvalue weighted by molar-refractivity contribution is 6.02. The van der Waals surface area contributed by atoms with Crippen LogP contribution in [-0.4, -0.2) is 47.5 Å². The van der Waals surface area contributed by atoms with E-state index in [1.54, 1.807) is 6.07 Å². The number of halogens is 1. The molecule has 3 heterocycles. The van der Waals surface area contributed by atoms with Gasteiger partial charge in [0.15, 0.2) is 0 Å². The second-order valence-corrected chi connectivity index (χ2v) is 4.98. The second kappa shape index (κ2) is 5.07. The molecule has 0 aliphatic carbocycles. The maximum Gasteiger partial charge on any atom is 0.324 e. The zero-order valence-electron chi connectivity index (χ0n) is 10.9. The van der Waals surface area contributed by atoms with Crippen LogP contribution in [0, 0.1) is 5.82 Å². The van der Waals surface area contributed by atoms with Crippen molar-refractivity contribution >= 4 is 17.8 Å². The molecule has 0 atom stereocenters. The van der Waals surface area contributed by atoms with Crippen LogP contribution in [0.15, 0.2) is 18.3 Å². The van der Waals surface area contributed by atoms with E-state index in [-0.39, 0.29) is 30.3 Å². The van der Waals surface area contributed by atoms with Gasteiger partial charge in [-0.15, -0.1) is 0 Å². The average Bonchev–Trinajstić information content (AvgIpc) is 2.79. The van der Waals surface area contributed by atoms with Gasteiger partial charge in [-0.2, -0.15) is 0 Å². The van der Waals surface area contributed by atoms with E-state index in [1.807, 2.05) is 4.90 Å². The molecule has 1 aromatic rings. The highest BCUT2D eigenvalue weighted by Crippen LogP contribution is 2.22. The second-order valence-electron chi connectivity index (χ2n) is 4.98. The Morgan fingerprint density at radius 1 is 1.25 bits per heavy atom. The van der Waals surface area contributed by atoms with Gasteiger partial charge in [0.05, 0.1) is 12.7 Å². The molecule has 1 aromatic heterocycles. The molecule has 3 rings (SSSR count). The number of hydrogen-bond donors (Lipinski definition) is 1. The molecule has 0 radical (unpaired) electrons. The first-order chi connectivity index (χ1) is 9.65. The summed E-state index contributed by atoms with van der Waals surface area (Å²) in [6, 6.07) is 2.67. The maximum absolute atomic E-state index is 12.8. The number of anilines is 1. The number of rotatable bonds is 2. The van der Waals surface area contributed by atoms with Crippen molar-refractivity contribution in [1.82, 2.24) is 15.2 Å². The lowest BCUT2D eigenvalue weighted by Gasteiger charge is -2.35. The largest absolute Gasteiger partial charge is 0.356 e. The molecule has 6 nitrogen and oxygen atoms in total. The van der Waals surface area contributed by atoms with Gasteiger partial charge < -0.3 is 10.2 Å². The number of nitrogens with zero attached hydrogens (tertiary/aromatic N) is 3. The van der Waals surface area contributed by atoms with Crippen molar-refractivity contribution in [2.75, 3.05) is 24.5 Å². The van der Waals surface area contributed by atoms with Gasteiger partial charge in [-0.3, -0.25) is 9.69 Å². The summed E-state index contributed by atoms with van der Waals surface area (Å²) >= 11 is 0. The van der Waals surface area contributed by atoms with Crippen molar-refractivity contribution in [2.45, 2.75) is 18.9 Å². The molecule has 0 aromatic carbocycles. The lowest BCUT2D eigenvalue weighted by Crippen LogP contribution is -2.47. The SMILES string of the molecule is O=C1CNC(=O)N1C1CCN(c2ccc(F)cn2)CC1. The predicted octanol–water partition coefficient (Wildman–Crippen LogP) is 0.741. The Balaban J connectivity index is 1.63. The fraction of sp³-hybridized carbons (Fsp3) is 0.462. The molecule has 3 amide bonds. The lowest BCUT2D eigenvalue weighted by atomic mass is 10.0. The summed E-state index contributed by atoms with van der Waals surface area (Å²) in [4.78, 5) is 30.7. The highest BCUT2D eigenvalue weighted by Gasteiger charge is 2.36. The van der Waals surface area contributed by atoms with Crippen molar-refractivity contribution < 1.29 is 14.0 Å². The van der Waals surface area contributed by atoms with Crippen molar-refractivity contribution in [3.05, 3.63) is 24.1 Å². The normalized spacial score (nSPS) is 20.4. The van der Waals surface area contributed by atoms with Crippen LogP contribution in [0.25, 0.3) is 0 Å². The third-order valence-electron chi connectivity index (χ3n) is 3.74. The summed E-state index contributed by atoms with van der Waals surface area (Å²) in [5.74, 6) is 0.207. The zero-order chi connectivity index (χ0) is 14.1. The van der Waals surface area contributed by atoms with E-state index in [1.165, 1.54) is 17.2 Å². The van der Waals surface area contributed by atoms with Gasteiger partial charge in [0.2, 0.25) is 5.91 Å². The fourth-order valence-corrected chi connectivity index (χ4v) is 2.71. The van der Waals surface area contributed by atoms with Crippen LogP contribution in [-0.2, 0) is 4.79 Å².